The van der Waals surface area contributed by atoms with E-state index in [2.05, 4.69) is 5.32 Å². The second-order valence-electron chi connectivity index (χ2n) is 6.39. The third-order valence-electron chi connectivity index (χ3n) is 4.56. The molecule has 1 amide bonds. The van der Waals surface area contributed by atoms with E-state index in [4.69, 9.17) is 4.42 Å². The number of carbonyl (C=O) groups excluding carboxylic acids is 1. The summed E-state index contributed by atoms with van der Waals surface area (Å²) < 4.78 is 5.74. The monoisotopic (exact) mass is 350 g/mol. The van der Waals surface area contributed by atoms with Crippen LogP contribution in [0.3, 0.4) is 0 Å². The van der Waals surface area contributed by atoms with E-state index >= 15 is 0 Å². The normalized spacial score (nSPS) is 15.8. The Labute approximate surface area is 147 Å². The van der Waals surface area contributed by atoms with E-state index in [1.54, 1.807) is 12.1 Å². The summed E-state index contributed by atoms with van der Waals surface area (Å²) in [6.07, 6.45) is 0. The zero-order chi connectivity index (χ0) is 18.6. The van der Waals surface area contributed by atoms with E-state index in [-0.39, 0.29) is 22.4 Å². The highest BCUT2D eigenvalue weighted by Crippen LogP contribution is 2.33. The predicted molar refractivity (Wildman–Crippen MR) is 94.4 cm³/mol. The lowest BCUT2D eigenvalue weighted by molar-refractivity contribution is -0.384. The summed E-state index contributed by atoms with van der Waals surface area (Å²) in [5.41, 5.74) is 2.29. The second kappa shape index (κ2) is 5.52. The summed E-state index contributed by atoms with van der Waals surface area (Å²) in [7, 11) is 0. The molecule has 0 saturated heterocycles. The molecule has 0 bridgehead atoms. The molecule has 2 heterocycles. The zero-order valence-corrected chi connectivity index (χ0v) is 14.0. The number of aryl methyl sites for hydroxylation is 2. The van der Waals surface area contributed by atoms with Crippen molar-refractivity contribution in [3.05, 3.63) is 84.7 Å². The van der Waals surface area contributed by atoms with Crippen LogP contribution in [0, 0.1) is 24.0 Å². The molecule has 0 radical (unpaired) electrons. The van der Waals surface area contributed by atoms with E-state index in [1.807, 2.05) is 19.9 Å². The summed E-state index contributed by atoms with van der Waals surface area (Å²) in [5, 5.41) is 14.1. The first-order valence-corrected chi connectivity index (χ1v) is 8.00. The van der Waals surface area contributed by atoms with Crippen LogP contribution in [0.1, 0.15) is 38.9 Å². The molecule has 0 spiro atoms. The summed E-state index contributed by atoms with van der Waals surface area (Å²) in [6, 6.07) is 8.69. The van der Waals surface area contributed by atoms with E-state index in [1.165, 1.54) is 18.2 Å². The fourth-order valence-corrected chi connectivity index (χ4v) is 3.47. The van der Waals surface area contributed by atoms with Crippen molar-refractivity contribution < 1.29 is 14.1 Å². The Hall–Kier alpha value is -3.48. The average molecular weight is 350 g/mol. The molecule has 1 N–H and O–H groups in total. The van der Waals surface area contributed by atoms with Crippen LogP contribution in [-0.4, -0.2) is 10.8 Å². The molecule has 26 heavy (non-hydrogen) atoms. The summed E-state index contributed by atoms with van der Waals surface area (Å²) >= 11 is 0. The van der Waals surface area contributed by atoms with Crippen molar-refractivity contribution in [1.82, 2.24) is 5.32 Å². The van der Waals surface area contributed by atoms with Gasteiger partial charge < -0.3 is 9.73 Å². The van der Waals surface area contributed by atoms with Crippen LogP contribution in [-0.2, 0) is 0 Å². The van der Waals surface area contributed by atoms with Crippen LogP contribution < -0.4 is 10.7 Å². The number of nitrogens with one attached hydrogen (secondary N) is 1. The van der Waals surface area contributed by atoms with Gasteiger partial charge in [0.2, 0.25) is 5.76 Å². The minimum atomic E-state index is -0.779. The Bertz CT molecular complexity index is 1160. The van der Waals surface area contributed by atoms with Crippen LogP contribution in [0.15, 0.2) is 45.6 Å². The van der Waals surface area contributed by atoms with E-state index in [9.17, 15) is 19.7 Å². The molecule has 2 aromatic carbocycles. The third kappa shape index (κ3) is 2.28. The van der Waals surface area contributed by atoms with Gasteiger partial charge in [0.1, 0.15) is 5.58 Å². The lowest BCUT2D eigenvalue weighted by Gasteiger charge is -2.12. The van der Waals surface area contributed by atoms with Crippen molar-refractivity contribution in [2.24, 2.45) is 0 Å². The minimum absolute atomic E-state index is 0.0380. The number of hydrogen-bond acceptors (Lipinski definition) is 5. The van der Waals surface area contributed by atoms with Gasteiger partial charge in [0.15, 0.2) is 5.43 Å². The highest BCUT2D eigenvalue weighted by Gasteiger charge is 2.36. The topological polar surface area (TPSA) is 102 Å². The molecular formula is C19H14N2O5. The molecule has 1 atom stereocenters. The average Bonchev–Trinajstić information content (AvgIpc) is 2.91. The Morgan fingerprint density at radius 2 is 1.92 bits per heavy atom. The number of nitro groups is 1. The molecule has 3 aromatic rings. The second-order valence-corrected chi connectivity index (χ2v) is 6.39. The number of benzene rings is 2. The smallest absolute Gasteiger partial charge is 0.288 e. The van der Waals surface area contributed by atoms with Crippen molar-refractivity contribution in [2.75, 3.05) is 0 Å². The van der Waals surface area contributed by atoms with Gasteiger partial charge in [-0.25, -0.2) is 0 Å². The van der Waals surface area contributed by atoms with Gasteiger partial charge in [-0.05, 0) is 36.6 Å². The van der Waals surface area contributed by atoms with Crippen LogP contribution in [0.5, 0.6) is 0 Å². The SMILES string of the molecule is Cc1cc(C)c2c(=O)c3c(oc2c1)C(=O)NC3c1cccc([N+](=O)[O-])c1. The Balaban J connectivity index is 1.99. The molecule has 0 saturated carbocycles. The van der Waals surface area contributed by atoms with Gasteiger partial charge in [-0.1, -0.05) is 18.2 Å². The first-order valence-electron chi connectivity index (χ1n) is 8.00. The number of nitro benzene ring substituents is 1. The van der Waals surface area contributed by atoms with Crippen molar-refractivity contribution in [2.45, 2.75) is 19.9 Å². The van der Waals surface area contributed by atoms with Gasteiger partial charge >= 0.3 is 0 Å². The molecule has 130 valence electrons. The molecule has 0 fully saturated rings. The zero-order valence-electron chi connectivity index (χ0n) is 14.0. The van der Waals surface area contributed by atoms with E-state index < -0.39 is 16.9 Å². The summed E-state index contributed by atoms with van der Waals surface area (Å²) in [4.78, 5) is 36.0. The molecule has 1 aromatic heterocycles. The highest BCUT2D eigenvalue weighted by atomic mass is 16.6. The largest absolute Gasteiger partial charge is 0.450 e. The Kier molecular flexibility index (Phi) is 3.40. The number of fused-ring (bicyclic) bond motifs is 2. The maximum Gasteiger partial charge on any atom is 0.288 e. The van der Waals surface area contributed by atoms with Gasteiger partial charge in [-0.15, -0.1) is 0 Å². The quantitative estimate of drug-likeness (QED) is 0.565. The van der Waals surface area contributed by atoms with Gasteiger partial charge in [0, 0.05) is 12.1 Å². The van der Waals surface area contributed by atoms with Crippen molar-refractivity contribution >= 4 is 22.6 Å². The standard InChI is InChI=1S/C19H14N2O5/c1-9-6-10(2)14-13(7-9)26-18-15(17(14)22)16(20-19(18)23)11-4-3-5-12(8-11)21(24)25/h3-8,16H,1-2H3,(H,20,23). The number of amides is 1. The van der Waals surface area contributed by atoms with Gasteiger partial charge in [0.25, 0.3) is 11.6 Å². The molecule has 0 aliphatic carbocycles. The number of nitrogens with zero attached hydrogens (tertiary/aromatic N) is 1. The summed E-state index contributed by atoms with van der Waals surface area (Å²) in [5.74, 6) is -0.543. The van der Waals surface area contributed by atoms with Crippen LogP contribution in [0.25, 0.3) is 11.0 Å². The Morgan fingerprint density at radius 3 is 2.65 bits per heavy atom. The van der Waals surface area contributed by atoms with Crippen molar-refractivity contribution in [3.8, 4) is 0 Å². The van der Waals surface area contributed by atoms with Gasteiger partial charge in [-0.2, -0.15) is 0 Å². The predicted octanol–water partition coefficient (Wildman–Crippen LogP) is 3.15. The number of non-ortho nitro benzene ring substituents is 1. The lowest BCUT2D eigenvalue weighted by Crippen LogP contribution is -2.22. The molecule has 1 unspecified atom stereocenters. The van der Waals surface area contributed by atoms with Crippen molar-refractivity contribution in [1.29, 1.82) is 0 Å². The van der Waals surface area contributed by atoms with Gasteiger partial charge in [-0.3, -0.25) is 19.7 Å². The highest BCUT2D eigenvalue weighted by molar-refractivity contribution is 5.99. The fourth-order valence-electron chi connectivity index (χ4n) is 3.47. The maximum absolute atomic E-state index is 13.1. The molecule has 1 aliphatic heterocycles. The van der Waals surface area contributed by atoms with E-state index in [0.717, 1.165) is 11.1 Å². The van der Waals surface area contributed by atoms with Crippen LogP contribution in [0.2, 0.25) is 0 Å². The summed E-state index contributed by atoms with van der Waals surface area (Å²) in [6.45, 7) is 3.69. The number of hydrogen-bond donors (Lipinski definition) is 1. The first kappa shape index (κ1) is 16.0. The molecular weight excluding hydrogens is 336 g/mol. The third-order valence-corrected chi connectivity index (χ3v) is 4.56. The van der Waals surface area contributed by atoms with Crippen LogP contribution >= 0.6 is 0 Å². The maximum atomic E-state index is 13.1. The number of carbonyl (C=O) groups is 1. The Morgan fingerprint density at radius 1 is 1.15 bits per heavy atom. The lowest BCUT2D eigenvalue weighted by atomic mass is 9.97. The van der Waals surface area contributed by atoms with Crippen molar-refractivity contribution in [3.63, 3.8) is 0 Å². The fraction of sp³-hybridized carbons (Fsp3) is 0.158. The molecule has 1 aliphatic rings. The number of rotatable bonds is 2. The minimum Gasteiger partial charge on any atom is -0.450 e. The molecule has 7 heteroatoms. The van der Waals surface area contributed by atoms with E-state index in [0.29, 0.717) is 16.5 Å². The van der Waals surface area contributed by atoms with Gasteiger partial charge in [0.05, 0.1) is 21.9 Å². The molecule has 7 nitrogen and oxygen atoms in total. The van der Waals surface area contributed by atoms with Crippen LogP contribution in [0.4, 0.5) is 5.69 Å². The molecule has 4 rings (SSSR count). The first-order chi connectivity index (χ1) is 12.4.